The van der Waals surface area contributed by atoms with Crippen molar-refractivity contribution >= 4 is 39.7 Å². The maximum Gasteiger partial charge on any atom is 0.168 e. The molecule has 0 saturated carbocycles. The fourth-order valence-corrected chi connectivity index (χ4v) is 3.04. The van der Waals surface area contributed by atoms with Crippen LogP contribution in [0.5, 0.6) is 0 Å². The molecule has 0 unspecified atom stereocenters. The molecule has 0 amide bonds. The van der Waals surface area contributed by atoms with Crippen LogP contribution in [-0.2, 0) is 0 Å². The molecule has 0 aliphatic carbocycles. The lowest BCUT2D eigenvalue weighted by atomic mass is 10.1. The van der Waals surface area contributed by atoms with Crippen LogP contribution in [0.4, 0.5) is 4.39 Å². The summed E-state index contributed by atoms with van der Waals surface area (Å²) in [6.07, 6.45) is 0.753. The van der Waals surface area contributed by atoms with E-state index in [0.29, 0.717) is 10.9 Å². The van der Waals surface area contributed by atoms with Gasteiger partial charge in [0.15, 0.2) is 11.0 Å². The number of aliphatic imine (C=N–C) groups is 1. The van der Waals surface area contributed by atoms with E-state index in [4.69, 9.17) is 11.6 Å². The Kier molecular flexibility index (Phi) is 15.1. The summed E-state index contributed by atoms with van der Waals surface area (Å²) < 4.78 is 14.4. The number of hydrogen-bond donors (Lipinski definition) is 0. The molecule has 144 valence electrons. The highest BCUT2D eigenvalue weighted by molar-refractivity contribution is 8.13. The van der Waals surface area contributed by atoms with Gasteiger partial charge in [0.05, 0.1) is 5.04 Å². The molecule has 0 aliphatic rings. The van der Waals surface area contributed by atoms with Crippen molar-refractivity contribution in [3.63, 3.8) is 0 Å². The van der Waals surface area contributed by atoms with E-state index in [1.165, 1.54) is 0 Å². The van der Waals surface area contributed by atoms with Crippen LogP contribution >= 0.6 is 23.4 Å². The fourth-order valence-electron chi connectivity index (χ4n) is 2.20. The lowest BCUT2D eigenvalue weighted by molar-refractivity contribution is 0.607. The van der Waals surface area contributed by atoms with Gasteiger partial charge in [0.2, 0.25) is 0 Å². The van der Waals surface area contributed by atoms with Gasteiger partial charge in [-0.1, -0.05) is 58.7 Å². The van der Waals surface area contributed by atoms with Crippen molar-refractivity contribution in [3.05, 3.63) is 27.1 Å². The third-order valence-corrected chi connectivity index (χ3v) is 4.32. The molecule has 1 heterocycles. The second kappa shape index (κ2) is 14.3. The van der Waals surface area contributed by atoms with E-state index in [-0.39, 0.29) is 5.15 Å². The van der Waals surface area contributed by atoms with Gasteiger partial charge in [0.25, 0.3) is 0 Å². The highest BCUT2D eigenvalue weighted by atomic mass is 35.5. The average Bonchev–Trinajstić information content (AvgIpc) is 2.60. The zero-order valence-corrected chi connectivity index (χ0v) is 19.0. The molecule has 1 aromatic heterocycles. The van der Waals surface area contributed by atoms with Crippen molar-refractivity contribution in [2.24, 2.45) is 4.99 Å². The molecule has 0 radical (unpaired) electrons. The molecule has 0 saturated heterocycles. The highest BCUT2D eigenvalue weighted by Crippen LogP contribution is 2.10. The number of aromatic nitrogens is 1. The minimum atomic E-state index is -0.452. The van der Waals surface area contributed by atoms with Gasteiger partial charge in [-0.05, 0) is 39.9 Å². The van der Waals surface area contributed by atoms with Crippen molar-refractivity contribution in [3.8, 4) is 0 Å². The maximum absolute atomic E-state index is 14.4. The number of nitrogens with zero attached hydrogens (tertiary/aromatic N) is 2. The monoisotopic (exact) mass is 388 g/mol. The van der Waals surface area contributed by atoms with Gasteiger partial charge in [-0.3, -0.25) is 4.99 Å². The van der Waals surface area contributed by atoms with E-state index in [1.54, 1.807) is 11.8 Å². The molecule has 1 rings (SSSR count). The molecule has 0 fully saturated rings. The van der Waals surface area contributed by atoms with Crippen LogP contribution in [0.3, 0.4) is 0 Å². The molecule has 0 aliphatic heterocycles. The molecule has 1 aromatic rings. The largest absolute Gasteiger partial charge is 0.251 e. The van der Waals surface area contributed by atoms with Crippen molar-refractivity contribution in [1.82, 2.24) is 4.98 Å². The minimum Gasteiger partial charge on any atom is -0.251 e. The Labute approximate surface area is 162 Å². The summed E-state index contributed by atoms with van der Waals surface area (Å²) in [5.41, 5.74) is 2.43. The first-order valence-corrected chi connectivity index (χ1v) is 10.4. The first kappa shape index (κ1) is 26.4. The molecule has 5 heteroatoms. The Morgan fingerprint density at radius 3 is 2.04 bits per heavy atom. The number of halogens is 2. The smallest absolute Gasteiger partial charge is 0.168 e. The molecular formula is C20H34ClFN2S. The third kappa shape index (κ3) is 7.91. The van der Waals surface area contributed by atoms with Crippen LogP contribution in [0.25, 0.3) is 11.3 Å². The Morgan fingerprint density at radius 1 is 1.08 bits per heavy atom. The predicted molar refractivity (Wildman–Crippen MR) is 116 cm³/mol. The lowest BCUT2D eigenvalue weighted by Crippen LogP contribution is -2.35. The topological polar surface area (TPSA) is 25.2 Å². The van der Waals surface area contributed by atoms with E-state index in [1.807, 2.05) is 62.3 Å². The second-order valence-corrected chi connectivity index (χ2v) is 6.65. The van der Waals surface area contributed by atoms with Crippen molar-refractivity contribution in [2.75, 3.05) is 5.75 Å². The summed E-state index contributed by atoms with van der Waals surface area (Å²) in [7, 11) is 0. The number of pyridine rings is 1. The van der Waals surface area contributed by atoms with Gasteiger partial charge >= 0.3 is 0 Å². The van der Waals surface area contributed by atoms with Gasteiger partial charge in [0.1, 0.15) is 0 Å². The Morgan fingerprint density at radius 2 is 1.60 bits per heavy atom. The zero-order chi connectivity index (χ0) is 20.2. The van der Waals surface area contributed by atoms with Crippen molar-refractivity contribution in [2.45, 2.75) is 75.7 Å². The summed E-state index contributed by atoms with van der Waals surface area (Å²) in [6.45, 7) is 19.7. The molecular weight excluding hydrogens is 355 g/mol. The molecule has 0 spiro atoms. The Bertz CT molecular complexity index is 682. The average molecular weight is 389 g/mol. The maximum atomic E-state index is 14.4. The summed E-state index contributed by atoms with van der Waals surface area (Å²) in [6, 6.07) is 0. The highest BCUT2D eigenvalue weighted by Gasteiger charge is 2.11. The quantitative estimate of drug-likeness (QED) is 0.354. The predicted octanol–water partition coefficient (Wildman–Crippen LogP) is 6.12. The number of aryl methyl sites for hydroxylation is 1. The lowest BCUT2D eigenvalue weighted by Gasteiger charge is -2.07. The van der Waals surface area contributed by atoms with Gasteiger partial charge in [-0.2, -0.15) is 0 Å². The zero-order valence-electron chi connectivity index (χ0n) is 17.5. The number of hydrogen-bond acceptors (Lipinski definition) is 3. The van der Waals surface area contributed by atoms with Gasteiger partial charge in [-0.25, -0.2) is 9.37 Å². The van der Waals surface area contributed by atoms with Crippen LogP contribution in [-0.4, -0.2) is 15.8 Å². The number of rotatable bonds is 3. The fraction of sp³-hybridized carbons (Fsp3) is 0.600. The minimum absolute atomic E-state index is 0.0736. The van der Waals surface area contributed by atoms with E-state index in [9.17, 15) is 4.39 Å². The van der Waals surface area contributed by atoms with Gasteiger partial charge in [0, 0.05) is 21.8 Å². The third-order valence-electron chi connectivity index (χ3n) is 3.28. The molecule has 0 bridgehead atoms. The van der Waals surface area contributed by atoms with Crippen LogP contribution in [0.1, 0.15) is 74.4 Å². The summed E-state index contributed by atoms with van der Waals surface area (Å²) in [5, 5.41) is 2.19. The summed E-state index contributed by atoms with van der Waals surface area (Å²) in [4.78, 5) is 8.68. The van der Waals surface area contributed by atoms with Crippen LogP contribution < -0.4 is 10.4 Å². The van der Waals surface area contributed by atoms with Crippen molar-refractivity contribution in [1.29, 1.82) is 0 Å². The van der Waals surface area contributed by atoms with E-state index >= 15 is 0 Å². The van der Waals surface area contributed by atoms with Crippen LogP contribution in [0, 0.1) is 12.7 Å². The standard InChI is InChI=1S/C16H22ClFN2S.2C2H6/c1-7-9(3)13-14(10(4)19-12(6)21-8-2)11(5)20-16(17)15(13)18;2*1-2/h7-8H2,1-6H3;2*1-2H3/b13-9?,14-10-,19-12?;;. The summed E-state index contributed by atoms with van der Waals surface area (Å²) >= 11 is 7.57. The first-order valence-electron chi connectivity index (χ1n) is 9.03. The normalized spacial score (nSPS) is 13.2. The van der Waals surface area contributed by atoms with Crippen LogP contribution in [0.15, 0.2) is 4.99 Å². The molecule has 25 heavy (non-hydrogen) atoms. The molecule has 2 nitrogen and oxygen atoms in total. The van der Waals surface area contributed by atoms with E-state index in [0.717, 1.165) is 33.7 Å². The van der Waals surface area contributed by atoms with Gasteiger partial charge < -0.3 is 0 Å². The molecule has 0 N–H and O–H groups in total. The van der Waals surface area contributed by atoms with Gasteiger partial charge in [-0.15, -0.1) is 11.8 Å². The molecule has 0 aromatic carbocycles. The van der Waals surface area contributed by atoms with Crippen LogP contribution in [0.2, 0.25) is 5.15 Å². The second-order valence-electron chi connectivity index (χ2n) is 4.84. The van der Waals surface area contributed by atoms with E-state index < -0.39 is 5.82 Å². The Hall–Kier alpha value is -0.870. The first-order chi connectivity index (χ1) is 11.8. The Balaban J connectivity index is 0. The summed E-state index contributed by atoms with van der Waals surface area (Å²) in [5.74, 6) is 0.508. The number of thioether (sulfide) groups is 1. The molecule has 0 atom stereocenters. The SMILES string of the molecule is CC.CC.CCSC(C)=N/C(C)=c1/c(C)nc(Cl)c(F)c1=C(C)CC. The van der Waals surface area contributed by atoms with Crippen molar-refractivity contribution < 1.29 is 4.39 Å². The van der Waals surface area contributed by atoms with E-state index in [2.05, 4.69) is 16.9 Å².